The molecule has 3 aromatic rings. The lowest BCUT2D eigenvalue weighted by atomic mass is 10.2. The van der Waals surface area contributed by atoms with Gasteiger partial charge in [0.2, 0.25) is 0 Å². The zero-order chi connectivity index (χ0) is 17.5. The Morgan fingerprint density at radius 3 is 2.52 bits per heavy atom. The highest BCUT2D eigenvalue weighted by atomic mass is 35.5. The van der Waals surface area contributed by atoms with Gasteiger partial charge in [-0.1, -0.05) is 48.0 Å². The number of aromatic nitrogens is 1. The highest BCUT2D eigenvalue weighted by Gasteiger charge is 2.18. The lowest BCUT2D eigenvalue weighted by Gasteiger charge is -2.22. The zero-order valence-electron chi connectivity index (χ0n) is 13.5. The molecule has 3 rings (SSSR count). The van der Waals surface area contributed by atoms with E-state index in [9.17, 15) is 4.79 Å². The van der Waals surface area contributed by atoms with Crippen LogP contribution in [0.4, 0.5) is 5.82 Å². The molecule has 1 aromatic heterocycles. The van der Waals surface area contributed by atoms with E-state index in [0.29, 0.717) is 23.1 Å². The number of carbonyl (C=O) groups is 1. The van der Waals surface area contributed by atoms with Crippen LogP contribution in [0.1, 0.15) is 5.56 Å². The second kappa shape index (κ2) is 8.31. The third-order valence-electron chi connectivity index (χ3n) is 3.56. The smallest absolute Gasteiger partial charge is 0.266 e. The maximum Gasteiger partial charge on any atom is 0.266 e. The number of hydrogen-bond acceptors (Lipinski definition) is 3. The molecular weight excluding hydrogens is 336 g/mol. The topological polar surface area (TPSA) is 42.4 Å². The van der Waals surface area contributed by atoms with Crippen molar-refractivity contribution in [3.05, 3.63) is 89.6 Å². The van der Waals surface area contributed by atoms with Crippen LogP contribution in [-0.4, -0.2) is 17.5 Å². The van der Waals surface area contributed by atoms with Crippen LogP contribution < -0.4 is 9.64 Å². The van der Waals surface area contributed by atoms with Gasteiger partial charge in [0, 0.05) is 11.2 Å². The number of nitrogens with zero attached hydrogens (tertiary/aromatic N) is 2. The molecule has 0 atom stereocenters. The molecule has 0 aliphatic rings. The van der Waals surface area contributed by atoms with Gasteiger partial charge in [-0.25, -0.2) is 4.98 Å². The number of ether oxygens (including phenoxy) is 1. The molecule has 0 saturated heterocycles. The van der Waals surface area contributed by atoms with E-state index in [0.717, 1.165) is 5.56 Å². The lowest BCUT2D eigenvalue weighted by Crippen LogP contribution is -2.35. The fraction of sp³-hybridized carbons (Fsp3) is 0.100. The van der Waals surface area contributed by atoms with Crippen molar-refractivity contribution in [2.24, 2.45) is 0 Å². The summed E-state index contributed by atoms with van der Waals surface area (Å²) in [4.78, 5) is 18.6. The van der Waals surface area contributed by atoms with Gasteiger partial charge in [-0.3, -0.25) is 9.69 Å². The summed E-state index contributed by atoms with van der Waals surface area (Å²) in [5.74, 6) is 1.05. The van der Waals surface area contributed by atoms with Gasteiger partial charge in [-0.2, -0.15) is 0 Å². The first-order valence-corrected chi connectivity index (χ1v) is 8.24. The van der Waals surface area contributed by atoms with Gasteiger partial charge in [0.25, 0.3) is 5.91 Å². The Kier molecular flexibility index (Phi) is 5.65. The van der Waals surface area contributed by atoms with E-state index >= 15 is 0 Å². The van der Waals surface area contributed by atoms with Crippen LogP contribution >= 0.6 is 11.6 Å². The molecule has 2 aromatic carbocycles. The normalized spacial score (nSPS) is 10.3. The molecule has 1 heterocycles. The summed E-state index contributed by atoms with van der Waals surface area (Å²) >= 11 is 6.05. The fourth-order valence-corrected chi connectivity index (χ4v) is 2.58. The minimum absolute atomic E-state index is 0.0683. The summed E-state index contributed by atoms with van der Waals surface area (Å²) in [5, 5.41) is 0.631. The van der Waals surface area contributed by atoms with Crippen molar-refractivity contribution in [3.8, 4) is 5.75 Å². The minimum atomic E-state index is -0.178. The van der Waals surface area contributed by atoms with Gasteiger partial charge in [0.15, 0.2) is 6.61 Å². The molecule has 0 bridgehead atoms. The van der Waals surface area contributed by atoms with E-state index in [1.807, 2.05) is 60.7 Å². The Bertz CT molecular complexity index is 825. The number of para-hydroxylation sites is 1. The molecule has 0 spiro atoms. The third kappa shape index (κ3) is 4.81. The first-order chi connectivity index (χ1) is 12.2. The van der Waals surface area contributed by atoms with Gasteiger partial charge in [0.05, 0.1) is 6.54 Å². The molecule has 4 nitrogen and oxygen atoms in total. The van der Waals surface area contributed by atoms with E-state index in [2.05, 4.69) is 4.98 Å². The number of hydrogen-bond donors (Lipinski definition) is 0. The summed E-state index contributed by atoms with van der Waals surface area (Å²) < 4.78 is 5.59. The van der Waals surface area contributed by atoms with Crippen molar-refractivity contribution >= 4 is 23.3 Å². The first-order valence-electron chi connectivity index (χ1n) is 7.86. The Hall–Kier alpha value is -2.85. The number of amides is 1. The highest BCUT2D eigenvalue weighted by Crippen LogP contribution is 2.18. The van der Waals surface area contributed by atoms with Gasteiger partial charge in [0.1, 0.15) is 11.6 Å². The maximum absolute atomic E-state index is 12.7. The molecule has 0 aliphatic heterocycles. The molecule has 5 heteroatoms. The number of halogens is 1. The third-order valence-corrected chi connectivity index (χ3v) is 3.80. The fourth-order valence-electron chi connectivity index (χ4n) is 2.37. The van der Waals surface area contributed by atoms with Gasteiger partial charge >= 0.3 is 0 Å². The van der Waals surface area contributed by atoms with Crippen molar-refractivity contribution in [2.75, 3.05) is 11.5 Å². The van der Waals surface area contributed by atoms with Crippen LogP contribution in [-0.2, 0) is 11.3 Å². The van der Waals surface area contributed by atoms with Crippen molar-refractivity contribution in [1.29, 1.82) is 0 Å². The monoisotopic (exact) mass is 352 g/mol. The number of benzene rings is 2. The number of rotatable bonds is 6. The molecule has 126 valence electrons. The minimum Gasteiger partial charge on any atom is -0.484 e. The van der Waals surface area contributed by atoms with Crippen LogP contribution in [0.3, 0.4) is 0 Å². The number of pyridine rings is 1. The Labute approximate surface area is 151 Å². The lowest BCUT2D eigenvalue weighted by molar-refractivity contribution is -0.120. The predicted molar refractivity (Wildman–Crippen MR) is 98.8 cm³/mol. The van der Waals surface area contributed by atoms with Crippen LogP contribution in [0.2, 0.25) is 5.02 Å². The molecule has 0 unspecified atom stereocenters. The van der Waals surface area contributed by atoms with E-state index in [1.54, 1.807) is 23.2 Å². The Morgan fingerprint density at radius 1 is 1.00 bits per heavy atom. The van der Waals surface area contributed by atoms with E-state index in [4.69, 9.17) is 16.3 Å². The van der Waals surface area contributed by atoms with Crippen molar-refractivity contribution in [2.45, 2.75) is 6.54 Å². The molecule has 0 saturated carbocycles. The molecule has 0 fully saturated rings. The first kappa shape index (κ1) is 17.0. The van der Waals surface area contributed by atoms with Gasteiger partial charge in [-0.15, -0.1) is 0 Å². The molecular formula is C20H17ClN2O2. The predicted octanol–water partition coefficient (Wildman–Crippen LogP) is 4.35. The van der Waals surface area contributed by atoms with E-state index in [1.165, 1.54) is 0 Å². The molecule has 0 aliphatic carbocycles. The van der Waals surface area contributed by atoms with Gasteiger partial charge < -0.3 is 4.74 Å². The second-order valence-electron chi connectivity index (χ2n) is 5.40. The van der Waals surface area contributed by atoms with Crippen LogP contribution in [0.25, 0.3) is 0 Å². The molecule has 1 amide bonds. The van der Waals surface area contributed by atoms with Crippen molar-refractivity contribution < 1.29 is 9.53 Å². The quantitative estimate of drug-likeness (QED) is 0.662. The zero-order valence-corrected chi connectivity index (χ0v) is 14.3. The van der Waals surface area contributed by atoms with Crippen LogP contribution in [0.5, 0.6) is 5.75 Å². The summed E-state index contributed by atoms with van der Waals surface area (Å²) in [5.41, 5.74) is 0.922. The van der Waals surface area contributed by atoms with Crippen LogP contribution in [0, 0.1) is 0 Å². The summed E-state index contributed by atoms with van der Waals surface area (Å²) in [6.45, 7) is 0.301. The number of anilines is 1. The summed E-state index contributed by atoms with van der Waals surface area (Å²) in [7, 11) is 0. The second-order valence-corrected chi connectivity index (χ2v) is 5.84. The molecule has 0 radical (unpaired) electrons. The van der Waals surface area contributed by atoms with Crippen molar-refractivity contribution in [3.63, 3.8) is 0 Å². The molecule has 25 heavy (non-hydrogen) atoms. The largest absolute Gasteiger partial charge is 0.484 e. The standard InChI is InChI=1S/C20H17ClN2O2/c21-17-8-6-7-16(13-17)14-23(19-11-4-5-12-22-19)20(24)15-25-18-9-2-1-3-10-18/h1-13H,14-15H2. The number of carbonyl (C=O) groups excluding carboxylic acids is 1. The van der Waals surface area contributed by atoms with E-state index in [-0.39, 0.29) is 12.5 Å². The SMILES string of the molecule is O=C(COc1ccccc1)N(Cc1cccc(Cl)c1)c1ccccn1. The Balaban J connectivity index is 1.77. The van der Waals surface area contributed by atoms with E-state index < -0.39 is 0 Å². The summed E-state index contributed by atoms with van der Waals surface area (Å²) in [6, 6.07) is 22.1. The average molecular weight is 353 g/mol. The highest BCUT2D eigenvalue weighted by molar-refractivity contribution is 6.30. The van der Waals surface area contributed by atoms with Crippen LogP contribution in [0.15, 0.2) is 79.0 Å². The maximum atomic E-state index is 12.7. The van der Waals surface area contributed by atoms with Gasteiger partial charge in [-0.05, 0) is 42.0 Å². The molecule has 0 N–H and O–H groups in total. The summed E-state index contributed by atoms with van der Waals surface area (Å²) in [6.07, 6.45) is 1.66. The van der Waals surface area contributed by atoms with Crippen molar-refractivity contribution in [1.82, 2.24) is 4.98 Å². The average Bonchev–Trinajstić information content (AvgIpc) is 2.66. The Morgan fingerprint density at radius 2 is 1.80 bits per heavy atom.